The molecule has 6 nitrogen and oxygen atoms in total. The topological polar surface area (TPSA) is 88.0 Å². The van der Waals surface area contributed by atoms with Crippen molar-refractivity contribution in [1.82, 2.24) is 10.2 Å². The lowest BCUT2D eigenvalue weighted by Gasteiger charge is -2.06. The molecule has 0 saturated carbocycles. The lowest BCUT2D eigenvalue weighted by atomic mass is 10.3. The summed E-state index contributed by atoms with van der Waals surface area (Å²) in [5.41, 5.74) is 1.03. The summed E-state index contributed by atoms with van der Waals surface area (Å²) in [5.74, 6) is 0.706. The molecule has 0 fully saturated rings. The zero-order valence-electron chi connectivity index (χ0n) is 11.5. The molecule has 0 unspecified atom stereocenters. The number of halogens is 1. The smallest absolute Gasteiger partial charge is 0.265 e. The molecule has 0 aliphatic heterocycles. The average Bonchev–Trinajstić information content (AvgIpc) is 3.10. The van der Waals surface area contributed by atoms with Crippen LogP contribution < -0.4 is 4.72 Å². The Labute approximate surface area is 132 Å². The number of aromatic nitrogens is 2. The van der Waals surface area contributed by atoms with Crippen LogP contribution in [0.3, 0.4) is 0 Å². The summed E-state index contributed by atoms with van der Waals surface area (Å²) in [4.78, 5) is 0.0760. The highest BCUT2D eigenvalue weighted by Crippen LogP contribution is 2.28. The van der Waals surface area contributed by atoms with Crippen LogP contribution >= 0.6 is 11.6 Å². The van der Waals surface area contributed by atoms with Crippen molar-refractivity contribution in [2.24, 2.45) is 0 Å². The van der Waals surface area contributed by atoms with Gasteiger partial charge in [0.15, 0.2) is 5.76 Å². The number of furan rings is 1. The molecular formula is C14H12ClN3O3S. The predicted molar refractivity (Wildman–Crippen MR) is 83.3 cm³/mol. The van der Waals surface area contributed by atoms with Crippen LogP contribution in [0.1, 0.15) is 5.76 Å². The number of nitrogens with one attached hydrogen (secondary N) is 2. The monoisotopic (exact) mass is 337 g/mol. The van der Waals surface area contributed by atoms with Crippen molar-refractivity contribution >= 4 is 27.3 Å². The van der Waals surface area contributed by atoms with Crippen LogP contribution in [0.2, 0.25) is 5.02 Å². The highest BCUT2D eigenvalue weighted by Gasteiger charge is 2.22. The number of aromatic amines is 1. The Morgan fingerprint density at radius 2 is 1.95 bits per heavy atom. The first-order valence-electron chi connectivity index (χ1n) is 6.34. The van der Waals surface area contributed by atoms with Gasteiger partial charge < -0.3 is 4.42 Å². The van der Waals surface area contributed by atoms with E-state index in [-0.39, 0.29) is 4.90 Å². The summed E-state index contributed by atoms with van der Waals surface area (Å²) in [5, 5.41) is 7.07. The molecule has 2 N–H and O–H groups in total. The van der Waals surface area contributed by atoms with E-state index in [2.05, 4.69) is 14.9 Å². The maximum Gasteiger partial charge on any atom is 0.265 e. The summed E-state index contributed by atoms with van der Waals surface area (Å²) in [6.07, 6.45) is 1.56. The number of aryl methyl sites for hydroxylation is 1. The van der Waals surface area contributed by atoms with Crippen LogP contribution in [0.25, 0.3) is 11.5 Å². The van der Waals surface area contributed by atoms with Crippen LogP contribution in [0.4, 0.5) is 5.69 Å². The van der Waals surface area contributed by atoms with Crippen LogP contribution in [0.15, 0.2) is 51.9 Å². The second kappa shape index (κ2) is 5.51. The second-order valence-electron chi connectivity index (χ2n) is 4.61. The van der Waals surface area contributed by atoms with E-state index in [0.717, 1.165) is 0 Å². The van der Waals surface area contributed by atoms with Crippen LogP contribution in [-0.2, 0) is 10.0 Å². The second-order valence-corrected chi connectivity index (χ2v) is 6.70. The highest BCUT2D eigenvalue weighted by molar-refractivity contribution is 7.92. The molecule has 0 aliphatic rings. The number of sulfonamides is 1. The molecule has 0 radical (unpaired) electrons. The Bertz CT molecular complexity index is 884. The van der Waals surface area contributed by atoms with Gasteiger partial charge in [-0.25, -0.2) is 8.42 Å². The Balaban J connectivity index is 1.94. The highest BCUT2D eigenvalue weighted by atomic mass is 35.5. The zero-order valence-corrected chi connectivity index (χ0v) is 13.1. The first-order valence-corrected chi connectivity index (χ1v) is 8.20. The van der Waals surface area contributed by atoms with Gasteiger partial charge in [-0.2, -0.15) is 5.10 Å². The van der Waals surface area contributed by atoms with Crippen molar-refractivity contribution in [1.29, 1.82) is 0 Å². The lowest BCUT2D eigenvalue weighted by molar-refractivity contribution is 0.534. The molecule has 0 bridgehead atoms. The molecule has 2 aromatic heterocycles. The largest absolute Gasteiger partial charge is 0.458 e. The minimum absolute atomic E-state index is 0.0760. The minimum atomic E-state index is -3.75. The maximum atomic E-state index is 12.5. The van der Waals surface area contributed by atoms with Crippen molar-refractivity contribution in [2.75, 3.05) is 4.72 Å². The third-order valence-corrected chi connectivity index (χ3v) is 4.77. The van der Waals surface area contributed by atoms with Crippen molar-refractivity contribution < 1.29 is 12.8 Å². The van der Waals surface area contributed by atoms with Crippen LogP contribution in [-0.4, -0.2) is 18.6 Å². The average molecular weight is 338 g/mol. The van der Waals surface area contributed by atoms with E-state index in [1.807, 2.05) is 0 Å². The number of hydrogen-bond donors (Lipinski definition) is 2. The van der Waals surface area contributed by atoms with Gasteiger partial charge in [0.1, 0.15) is 16.3 Å². The molecule has 0 aliphatic carbocycles. The first-order chi connectivity index (χ1) is 10.5. The molecule has 8 heteroatoms. The van der Waals surface area contributed by atoms with Gasteiger partial charge in [0.25, 0.3) is 10.0 Å². The Morgan fingerprint density at radius 1 is 1.23 bits per heavy atom. The lowest BCUT2D eigenvalue weighted by Crippen LogP contribution is -2.13. The number of anilines is 1. The standard InChI is InChI=1S/C14H12ClN3O3S/c1-9-14(8-13(21-9)12-6-7-16-17-12)22(19,20)18-11-4-2-10(15)3-5-11/h2-8,18H,1H3,(H,16,17). The van der Waals surface area contributed by atoms with E-state index in [4.69, 9.17) is 16.0 Å². The van der Waals surface area contributed by atoms with Gasteiger partial charge in [-0.15, -0.1) is 0 Å². The quantitative estimate of drug-likeness (QED) is 0.763. The molecule has 2 heterocycles. The Hall–Kier alpha value is -2.25. The van der Waals surface area contributed by atoms with Crippen molar-refractivity contribution in [3.05, 3.63) is 53.4 Å². The van der Waals surface area contributed by atoms with Crippen LogP contribution in [0.5, 0.6) is 0 Å². The summed E-state index contributed by atoms with van der Waals surface area (Å²) in [6, 6.07) is 9.55. The van der Waals surface area contributed by atoms with Crippen LogP contribution in [0, 0.1) is 6.92 Å². The third-order valence-electron chi connectivity index (χ3n) is 3.02. The van der Waals surface area contributed by atoms with Gasteiger partial charge in [-0.05, 0) is 37.3 Å². The summed E-state index contributed by atoms with van der Waals surface area (Å²) in [7, 11) is -3.75. The normalized spacial score (nSPS) is 11.5. The maximum absolute atomic E-state index is 12.5. The third kappa shape index (κ3) is 2.86. The molecular weight excluding hydrogens is 326 g/mol. The Kier molecular flexibility index (Phi) is 3.67. The van der Waals surface area contributed by atoms with Gasteiger partial charge in [0.2, 0.25) is 0 Å². The molecule has 0 saturated heterocycles. The van der Waals surface area contributed by atoms with E-state index >= 15 is 0 Å². The zero-order chi connectivity index (χ0) is 15.7. The van der Waals surface area contributed by atoms with Crippen molar-refractivity contribution in [2.45, 2.75) is 11.8 Å². The van der Waals surface area contributed by atoms with E-state index in [9.17, 15) is 8.42 Å². The molecule has 22 heavy (non-hydrogen) atoms. The molecule has 114 valence electrons. The summed E-state index contributed by atoms with van der Waals surface area (Å²) in [6.45, 7) is 1.59. The number of nitrogens with zero attached hydrogens (tertiary/aromatic N) is 1. The van der Waals surface area contributed by atoms with E-state index in [0.29, 0.717) is 27.9 Å². The molecule has 1 aromatic carbocycles. The fourth-order valence-electron chi connectivity index (χ4n) is 1.99. The van der Waals surface area contributed by atoms with Crippen molar-refractivity contribution in [3.63, 3.8) is 0 Å². The van der Waals surface area contributed by atoms with Gasteiger partial charge >= 0.3 is 0 Å². The number of rotatable bonds is 4. The van der Waals surface area contributed by atoms with Gasteiger partial charge in [-0.1, -0.05) is 11.6 Å². The van der Waals surface area contributed by atoms with E-state index < -0.39 is 10.0 Å². The van der Waals surface area contributed by atoms with Gasteiger partial charge in [-0.3, -0.25) is 9.82 Å². The SMILES string of the molecule is Cc1oc(-c2ccn[nH]2)cc1S(=O)(=O)Nc1ccc(Cl)cc1. The Morgan fingerprint density at radius 3 is 2.59 bits per heavy atom. The molecule has 0 atom stereocenters. The molecule has 0 amide bonds. The van der Waals surface area contributed by atoms with Crippen molar-refractivity contribution in [3.8, 4) is 11.5 Å². The minimum Gasteiger partial charge on any atom is -0.458 e. The molecule has 3 rings (SSSR count). The van der Waals surface area contributed by atoms with Gasteiger partial charge in [0.05, 0.1) is 0 Å². The number of hydrogen-bond acceptors (Lipinski definition) is 4. The van der Waals surface area contributed by atoms with E-state index in [1.54, 1.807) is 43.5 Å². The number of benzene rings is 1. The molecule has 0 spiro atoms. The molecule has 3 aromatic rings. The fraction of sp³-hybridized carbons (Fsp3) is 0.0714. The fourth-order valence-corrected chi connectivity index (χ4v) is 3.35. The predicted octanol–water partition coefficient (Wildman–Crippen LogP) is 3.43. The number of H-pyrrole nitrogens is 1. The first kappa shape index (κ1) is 14.7. The summed E-state index contributed by atoms with van der Waals surface area (Å²) < 4.78 is 32.9. The van der Waals surface area contributed by atoms with E-state index in [1.165, 1.54) is 6.07 Å². The van der Waals surface area contributed by atoms with Gasteiger partial charge in [0, 0.05) is 23.0 Å². The summed E-state index contributed by atoms with van der Waals surface area (Å²) >= 11 is 5.78.